The van der Waals surface area contributed by atoms with E-state index >= 15 is 0 Å². The second-order valence-electron chi connectivity index (χ2n) is 6.05. The van der Waals surface area contributed by atoms with E-state index in [-0.39, 0.29) is 11.8 Å². The Bertz CT molecular complexity index is 468. The van der Waals surface area contributed by atoms with Crippen LogP contribution < -0.4 is 5.32 Å². The molecule has 1 saturated carbocycles. The van der Waals surface area contributed by atoms with Gasteiger partial charge in [0.1, 0.15) is 0 Å². The number of aryl methyl sites for hydroxylation is 1. The summed E-state index contributed by atoms with van der Waals surface area (Å²) in [6.45, 7) is 9.32. The van der Waals surface area contributed by atoms with Crippen molar-refractivity contribution < 1.29 is 4.79 Å². The van der Waals surface area contributed by atoms with Gasteiger partial charge in [0, 0.05) is 29.9 Å². The summed E-state index contributed by atoms with van der Waals surface area (Å²) in [5.74, 6) is 0.389. The minimum absolute atomic E-state index is 0.175. The van der Waals surface area contributed by atoms with Gasteiger partial charge in [0.05, 0.1) is 0 Å². The fourth-order valence-electron chi connectivity index (χ4n) is 3.12. The molecule has 1 amide bonds. The fraction of sp³-hybridized carbons (Fsp3) is 0.706. The van der Waals surface area contributed by atoms with E-state index in [1.54, 1.807) is 0 Å². The number of hydrogen-bond donors (Lipinski definition) is 1. The molecule has 0 atom stereocenters. The number of hydrogen-bond acceptors (Lipinski definition) is 1. The van der Waals surface area contributed by atoms with E-state index in [0.29, 0.717) is 0 Å². The highest BCUT2D eigenvalue weighted by Crippen LogP contribution is 2.38. The first-order chi connectivity index (χ1) is 9.58. The predicted octanol–water partition coefficient (Wildman–Crippen LogP) is 3.53. The SMILES string of the molecule is CCC(CC)C(=O)NCCc1cc(C)n(C2CC2)c1C. The van der Waals surface area contributed by atoms with Gasteiger partial charge >= 0.3 is 0 Å². The number of carbonyl (C=O) groups is 1. The maximum Gasteiger partial charge on any atom is 0.223 e. The minimum atomic E-state index is 0.175. The lowest BCUT2D eigenvalue weighted by atomic mass is 10.0. The van der Waals surface area contributed by atoms with Crippen LogP contribution in [0, 0.1) is 19.8 Å². The third kappa shape index (κ3) is 3.25. The summed E-state index contributed by atoms with van der Waals surface area (Å²) < 4.78 is 2.47. The Kier molecular flexibility index (Phi) is 4.90. The van der Waals surface area contributed by atoms with Crippen molar-refractivity contribution in [3.05, 3.63) is 23.0 Å². The quantitative estimate of drug-likeness (QED) is 0.812. The van der Waals surface area contributed by atoms with Crippen LogP contribution in [-0.4, -0.2) is 17.0 Å². The van der Waals surface area contributed by atoms with Gasteiger partial charge < -0.3 is 9.88 Å². The highest BCUT2D eigenvalue weighted by Gasteiger charge is 2.26. The first kappa shape index (κ1) is 15.1. The van der Waals surface area contributed by atoms with Gasteiger partial charge in [0.15, 0.2) is 0 Å². The van der Waals surface area contributed by atoms with Gasteiger partial charge in [-0.3, -0.25) is 4.79 Å². The molecule has 1 N–H and O–H groups in total. The van der Waals surface area contributed by atoms with E-state index in [1.165, 1.54) is 29.8 Å². The summed E-state index contributed by atoms with van der Waals surface area (Å²) >= 11 is 0. The fourth-order valence-corrected chi connectivity index (χ4v) is 3.12. The Labute approximate surface area is 122 Å². The molecule has 0 saturated heterocycles. The number of rotatable bonds is 7. The van der Waals surface area contributed by atoms with E-state index in [2.05, 4.69) is 43.6 Å². The van der Waals surface area contributed by atoms with Crippen LogP contribution >= 0.6 is 0 Å². The van der Waals surface area contributed by atoms with Crippen LogP contribution in [0.2, 0.25) is 0 Å². The molecule has 0 unspecified atom stereocenters. The molecule has 1 fully saturated rings. The van der Waals surface area contributed by atoms with Gasteiger partial charge in [-0.1, -0.05) is 13.8 Å². The third-order valence-electron chi connectivity index (χ3n) is 4.55. The van der Waals surface area contributed by atoms with Crippen molar-refractivity contribution in [1.82, 2.24) is 9.88 Å². The normalized spacial score (nSPS) is 14.8. The summed E-state index contributed by atoms with van der Waals surface area (Å²) in [6.07, 6.45) is 5.44. The highest BCUT2D eigenvalue weighted by molar-refractivity contribution is 5.78. The maximum atomic E-state index is 12.0. The molecular weight excluding hydrogens is 248 g/mol. The molecular formula is C17H28N2O. The largest absolute Gasteiger partial charge is 0.356 e. The van der Waals surface area contributed by atoms with E-state index in [9.17, 15) is 4.79 Å². The van der Waals surface area contributed by atoms with Crippen LogP contribution in [0.1, 0.15) is 62.5 Å². The predicted molar refractivity (Wildman–Crippen MR) is 83.0 cm³/mol. The van der Waals surface area contributed by atoms with Gasteiger partial charge in [-0.05, 0) is 57.6 Å². The molecule has 1 aromatic heterocycles. The van der Waals surface area contributed by atoms with Crippen LogP contribution in [0.5, 0.6) is 0 Å². The average molecular weight is 276 g/mol. The van der Waals surface area contributed by atoms with Crippen molar-refractivity contribution in [3.8, 4) is 0 Å². The molecule has 1 aliphatic carbocycles. The van der Waals surface area contributed by atoms with Crippen molar-refractivity contribution in [2.75, 3.05) is 6.54 Å². The van der Waals surface area contributed by atoms with E-state index in [4.69, 9.17) is 0 Å². The zero-order valence-corrected chi connectivity index (χ0v) is 13.3. The zero-order chi connectivity index (χ0) is 14.7. The molecule has 3 nitrogen and oxygen atoms in total. The molecule has 0 aromatic carbocycles. The van der Waals surface area contributed by atoms with E-state index < -0.39 is 0 Å². The molecule has 2 rings (SSSR count). The van der Waals surface area contributed by atoms with Crippen molar-refractivity contribution in [2.24, 2.45) is 5.92 Å². The van der Waals surface area contributed by atoms with Gasteiger partial charge in [-0.2, -0.15) is 0 Å². The number of amides is 1. The molecule has 0 spiro atoms. The lowest BCUT2D eigenvalue weighted by Crippen LogP contribution is -2.31. The molecule has 1 heterocycles. The zero-order valence-electron chi connectivity index (χ0n) is 13.3. The molecule has 1 aromatic rings. The Balaban J connectivity index is 1.88. The number of nitrogens with one attached hydrogen (secondary N) is 1. The summed E-state index contributed by atoms with van der Waals surface area (Å²) in [6, 6.07) is 3.03. The molecule has 1 aliphatic rings. The first-order valence-electron chi connectivity index (χ1n) is 8.03. The van der Waals surface area contributed by atoms with Crippen LogP contribution in [0.3, 0.4) is 0 Å². The summed E-state index contributed by atoms with van der Waals surface area (Å²) in [5.41, 5.74) is 4.15. The van der Waals surface area contributed by atoms with Crippen molar-refractivity contribution in [2.45, 2.75) is 65.8 Å². The Morgan fingerprint density at radius 3 is 2.55 bits per heavy atom. The molecule has 0 bridgehead atoms. The van der Waals surface area contributed by atoms with Crippen LogP contribution in [0.25, 0.3) is 0 Å². The van der Waals surface area contributed by atoms with Crippen LogP contribution in [0.15, 0.2) is 6.07 Å². The van der Waals surface area contributed by atoms with E-state index in [1.807, 2.05) is 0 Å². The van der Waals surface area contributed by atoms with Crippen LogP contribution in [-0.2, 0) is 11.2 Å². The van der Waals surface area contributed by atoms with Crippen molar-refractivity contribution in [1.29, 1.82) is 0 Å². The first-order valence-corrected chi connectivity index (χ1v) is 8.03. The Hall–Kier alpha value is -1.25. The van der Waals surface area contributed by atoms with E-state index in [0.717, 1.165) is 31.8 Å². The minimum Gasteiger partial charge on any atom is -0.356 e. The number of aromatic nitrogens is 1. The monoisotopic (exact) mass is 276 g/mol. The van der Waals surface area contributed by atoms with Gasteiger partial charge in [-0.25, -0.2) is 0 Å². The lowest BCUT2D eigenvalue weighted by Gasteiger charge is -2.13. The standard InChI is InChI=1S/C17H28N2O/c1-5-14(6-2)17(20)18-10-9-15-11-12(3)19(13(15)4)16-7-8-16/h11,14,16H,5-10H2,1-4H3,(H,18,20). The Morgan fingerprint density at radius 1 is 1.35 bits per heavy atom. The Morgan fingerprint density at radius 2 is 2.00 bits per heavy atom. The summed E-state index contributed by atoms with van der Waals surface area (Å²) in [5, 5.41) is 3.09. The second kappa shape index (κ2) is 6.47. The molecule has 112 valence electrons. The number of nitrogens with zero attached hydrogens (tertiary/aromatic N) is 1. The van der Waals surface area contributed by atoms with Gasteiger partial charge in [-0.15, -0.1) is 0 Å². The molecule has 3 heteroatoms. The van der Waals surface area contributed by atoms with Crippen molar-refractivity contribution >= 4 is 5.91 Å². The summed E-state index contributed by atoms with van der Waals surface area (Å²) in [4.78, 5) is 12.0. The average Bonchev–Trinajstić information content (AvgIpc) is 3.19. The maximum absolute atomic E-state index is 12.0. The third-order valence-corrected chi connectivity index (χ3v) is 4.55. The summed E-state index contributed by atoms with van der Waals surface area (Å²) in [7, 11) is 0. The highest BCUT2D eigenvalue weighted by atomic mass is 16.1. The molecule has 0 radical (unpaired) electrons. The van der Waals surface area contributed by atoms with Gasteiger partial charge in [0.25, 0.3) is 0 Å². The smallest absolute Gasteiger partial charge is 0.223 e. The molecule has 0 aliphatic heterocycles. The topological polar surface area (TPSA) is 34.0 Å². The molecule has 20 heavy (non-hydrogen) atoms. The number of carbonyl (C=O) groups excluding carboxylic acids is 1. The van der Waals surface area contributed by atoms with Gasteiger partial charge in [0.2, 0.25) is 5.91 Å². The second-order valence-corrected chi connectivity index (χ2v) is 6.05. The van der Waals surface area contributed by atoms with Crippen LogP contribution in [0.4, 0.5) is 0 Å². The van der Waals surface area contributed by atoms with Crippen molar-refractivity contribution in [3.63, 3.8) is 0 Å². The lowest BCUT2D eigenvalue weighted by molar-refractivity contribution is -0.125.